The minimum absolute atomic E-state index is 0. The molecule has 0 unspecified atom stereocenters. The predicted octanol–water partition coefficient (Wildman–Crippen LogP) is 1.96. The van der Waals surface area contributed by atoms with Gasteiger partial charge in [-0.2, -0.15) is 5.10 Å². The molecule has 0 radical (unpaired) electrons. The number of hydrogen-bond donors (Lipinski definition) is 1. The van der Waals surface area contributed by atoms with Crippen LogP contribution in [0.3, 0.4) is 0 Å². The van der Waals surface area contributed by atoms with Gasteiger partial charge in [-0.25, -0.2) is 13.8 Å². The van der Waals surface area contributed by atoms with Crippen molar-refractivity contribution in [3.8, 4) is 0 Å². The van der Waals surface area contributed by atoms with Gasteiger partial charge in [-0.3, -0.25) is 9.67 Å². The van der Waals surface area contributed by atoms with E-state index in [1.54, 1.807) is 11.7 Å². The van der Waals surface area contributed by atoms with E-state index in [2.05, 4.69) is 20.4 Å². The van der Waals surface area contributed by atoms with E-state index >= 15 is 0 Å². The quantitative estimate of drug-likeness (QED) is 0.430. The van der Waals surface area contributed by atoms with E-state index in [1.807, 2.05) is 19.0 Å². The number of nitrogens with zero attached hydrogens (tertiary/aromatic N) is 5. The van der Waals surface area contributed by atoms with Crippen LogP contribution in [-0.4, -0.2) is 46.3 Å². The maximum Gasteiger partial charge on any atom is 0.193 e. The molecule has 1 aromatic carbocycles. The number of aromatic nitrogens is 3. The molecule has 0 fully saturated rings. The molecule has 0 aliphatic heterocycles. The minimum atomic E-state index is -0.440. The number of rotatable bonds is 5. The summed E-state index contributed by atoms with van der Waals surface area (Å²) in [6.07, 6.45) is 1.85. The largest absolute Gasteiger partial charge is 0.356 e. The average molecular weight is 450 g/mol. The van der Waals surface area contributed by atoms with E-state index in [1.165, 1.54) is 12.4 Å². The molecule has 6 nitrogen and oxygen atoms in total. The Hall–Kier alpha value is -1.78. The van der Waals surface area contributed by atoms with Crippen molar-refractivity contribution in [2.75, 3.05) is 20.6 Å². The van der Waals surface area contributed by atoms with Crippen LogP contribution in [0.4, 0.5) is 8.78 Å². The van der Waals surface area contributed by atoms with Gasteiger partial charge in [0.15, 0.2) is 5.96 Å². The van der Waals surface area contributed by atoms with E-state index in [0.717, 1.165) is 18.0 Å². The highest BCUT2D eigenvalue weighted by Crippen LogP contribution is 2.09. The zero-order valence-electron chi connectivity index (χ0n) is 13.8. The first-order chi connectivity index (χ1) is 11.0. The molecule has 0 saturated carbocycles. The van der Waals surface area contributed by atoms with Crippen molar-refractivity contribution >= 4 is 29.9 Å². The Labute approximate surface area is 157 Å². The number of aliphatic imine (C=N–C) groups is 1. The molecular formula is C15H21F2IN6. The van der Waals surface area contributed by atoms with E-state index in [9.17, 15) is 8.78 Å². The highest BCUT2D eigenvalue weighted by atomic mass is 127. The van der Waals surface area contributed by atoms with Crippen LogP contribution in [-0.2, 0) is 20.0 Å². The third-order valence-corrected chi connectivity index (χ3v) is 3.44. The van der Waals surface area contributed by atoms with Gasteiger partial charge in [0, 0.05) is 27.7 Å². The van der Waals surface area contributed by atoms with Crippen molar-refractivity contribution in [2.24, 2.45) is 12.0 Å². The first-order valence-electron chi connectivity index (χ1n) is 7.20. The molecule has 0 atom stereocenters. The van der Waals surface area contributed by atoms with Crippen LogP contribution in [0.1, 0.15) is 11.4 Å². The van der Waals surface area contributed by atoms with Gasteiger partial charge in [0.05, 0.1) is 6.54 Å². The summed E-state index contributed by atoms with van der Waals surface area (Å²) in [6, 6.07) is 3.46. The summed E-state index contributed by atoms with van der Waals surface area (Å²) in [6.45, 7) is 0.973. The summed E-state index contributed by atoms with van der Waals surface area (Å²) in [5.41, 5.74) is 0.337. The second-order valence-corrected chi connectivity index (χ2v) is 5.12. The van der Waals surface area contributed by atoms with Crippen molar-refractivity contribution in [3.05, 3.63) is 47.5 Å². The van der Waals surface area contributed by atoms with Crippen molar-refractivity contribution in [3.63, 3.8) is 0 Å². The molecule has 0 spiro atoms. The number of hydrogen-bond acceptors (Lipinski definition) is 3. The number of benzene rings is 1. The molecule has 2 rings (SSSR count). The lowest BCUT2D eigenvalue weighted by Gasteiger charge is -2.21. The highest BCUT2D eigenvalue weighted by Gasteiger charge is 2.10. The lowest BCUT2D eigenvalue weighted by molar-refractivity contribution is 0.448. The van der Waals surface area contributed by atoms with Crippen LogP contribution in [0.2, 0.25) is 0 Å². The van der Waals surface area contributed by atoms with Crippen molar-refractivity contribution in [2.45, 2.75) is 13.0 Å². The van der Waals surface area contributed by atoms with Crippen LogP contribution in [0.5, 0.6) is 0 Å². The Bertz CT molecular complexity index is 688. The smallest absolute Gasteiger partial charge is 0.193 e. The van der Waals surface area contributed by atoms with Crippen molar-refractivity contribution in [1.29, 1.82) is 0 Å². The van der Waals surface area contributed by atoms with Crippen LogP contribution >= 0.6 is 24.0 Å². The monoisotopic (exact) mass is 450 g/mol. The summed E-state index contributed by atoms with van der Waals surface area (Å²) < 4.78 is 28.4. The number of halogens is 3. The number of guanidine groups is 1. The molecule has 1 heterocycles. The topological polar surface area (TPSA) is 58.3 Å². The zero-order valence-corrected chi connectivity index (χ0v) is 16.2. The standard InChI is InChI=1S/C15H20F2N6.HI/c1-18-15(22(2)9-14-20-10-21-23(14)3)19-7-6-11-8-12(16)4-5-13(11)17;/h4-5,8,10H,6-7,9H2,1-3H3,(H,18,19);1H. The third-order valence-electron chi connectivity index (χ3n) is 3.44. The molecule has 0 amide bonds. The van der Waals surface area contributed by atoms with E-state index in [0.29, 0.717) is 31.0 Å². The number of aryl methyl sites for hydroxylation is 1. The highest BCUT2D eigenvalue weighted by molar-refractivity contribution is 14.0. The molecular weight excluding hydrogens is 429 g/mol. The Morgan fingerprint density at radius 1 is 1.38 bits per heavy atom. The van der Waals surface area contributed by atoms with Crippen LogP contribution in [0.15, 0.2) is 29.5 Å². The predicted molar refractivity (Wildman–Crippen MR) is 99.3 cm³/mol. The maximum absolute atomic E-state index is 13.6. The molecule has 0 bridgehead atoms. The molecule has 1 aromatic heterocycles. The van der Waals surface area contributed by atoms with Gasteiger partial charge >= 0.3 is 0 Å². The van der Waals surface area contributed by atoms with Crippen LogP contribution in [0, 0.1) is 11.6 Å². The van der Waals surface area contributed by atoms with Crippen LogP contribution < -0.4 is 5.32 Å². The number of nitrogens with one attached hydrogen (secondary N) is 1. The van der Waals surface area contributed by atoms with Crippen LogP contribution in [0.25, 0.3) is 0 Å². The van der Waals surface area contributed by atoms with Gasteiger partial charge < -0.3 is 10.2 Å². The normalized spacial score (nSPS) is 11.1. The minimum Gasteiger partial charge on any atom is -0.356 e. The summed E-state index contributed by atoms with van der Waals surface area (Å²) >= 11 is 0. The fraction of sp³-hybridized carbons (Fsp3) is 0.400. The lowest BCUT2D eigenvalue weighted by atomic mass is 10.1. The van der Waals surface area contributed by atoms with Gasteiger partial charge in [0.25, 0.3) is 0 Å². The fourth-order valence-corrected chi connectivity index (χ4v) is 2.18. The maximum atomic E-state index is 13.6. The van der Waals surface area contributed by atoms with E-state index < -0.39 is 11.6 Å². The summed E-state index contributed by atoms with van der Waals surface area (Å²) in [7, 11) is 5.35. The van der Waals surface area contributed by atoms with Crippen molar-refractivity contribution < 1.29 is 8.78 Å². The molecule has 24 heavy (non-hydrogen) atoms. The fourth-order valence-electron chi connectivity index (χ4n) is 2.18. The third kappa shape index (κ3) is 5.39. The summed E-state index contributed by atoms with van der Waals surface area (Å²) in [5.74, 6) is 0.595. The first-order valence-corrected chi connectivity index (χ1v) is 7.20. The summed E-state index contributed by atoms with van der Waals surface area (Å²) in [4.78, 5) is 10.2. The Morgan fingerprint density at radius 2 is 2.12 bits per heavy atom. The molecule has 9 heteroatoms. The molecule has 0 saturated heterocycles. The zero-order chi connectivity index (χ0) is 16.8. The Kier molecular flexibility index (Phi) is 8.02. The molecule has 2 aromatic rings. The van der Waals surface area contributed by atoms with Gasteiger partial charge in [-0.1, -0.05) is 0 Å². The van der Waals surface area contributed by atoms with Gasteiger partial charge in [0.1, 0.15) is 23.8 Å². The molecule has 1 N–H and O–H groups in total. The average Bonchev–Trinajstić information content (AvgIpc) is 2.92. The van der Waals surface area contributed by atoms with Gasteiger partial charge in [-0.15, -0.1) is 24.0 Å². The molecule has 132 valence electrons. The first kappa shape index (κ1) is 20.3. The van der Waals surface area contributed by atoms with Gasteiger partial charge in [-0.05, 0) is 30.2 Å². The van der Waals surface area contributed by atoms with Gasteiger partial charge in [0.2, 0.25) is 0 Å². The van der Waals surface area contributed by atoms with E-state index in [-0.39, 0.29) is 24.0 Å². The van der Waals surface area contributed by atoms with E-state index in [4.69, 9.17) is 0 Å². The lowest BCUT2D eigenvalue weighted by Crippen LogP contribution is -2.39. The summed E-state index contributed by atoms with van der Waals surface area (Å²) in [5, 5.41) is 7.14. The Balaban J connectivity index is 0.00000288. The Morgan fingerprint density at radius 3 is 2.75 bits per heavy atom. The molecule has 0 aliphatic carbocycles. The molecule has 0 aliphatic rings. The second-order valence-electron chi connectivity index (χ2n) is 5.12. The SMILES string of the molecule is CN=C(NCCc1cc(F)ccc1F)N(C)Cc1ncnn1C.I. The second kappa shape index (κ2) is 9.50. The van der Waals surface area contributed by atoms with Crippen molar-refractivity contribution in [1.82, 2.24) is 25.0 Å².